The smallest absolute Gasteiger partial charge is 0.0921 e. The summed E-state index contributed by atoms with van der Waals surface area (Å²) < 4.78 is 0. The molecule has 1 aliphatic carbocycles. The van der Waals surface area contributed by atoms with E-state index in [0.29, 0.717) is 0 Å². The van der Waals surface area contributed by atoms with Gasteiger partial charge in [-0.3, -0.25) is 0 Å². The van der Waals surface area contributed by atoms with E-state index in [1.165, 1.54) is 31.4 Å². The Morgan fingerprint density at radius 3 is 2.92 bits per heavy atom. The van der Waals surface area contributed by atoms with E-state index in [4.69, 9.17) is 0 Å². The van der Waals surface area contributed by atoms with Crippen molar-refractivity contribution >= 4 is 0 Å². The minimum Gasteiger partial charge on any atom is -0.348 e. The van der Waals surface area contributed by atoms with Crippen LogP contribution in [-0.4, -0.2) is 9.97 Å². The van der Waals surface area contributed by atoms with Crippen LogP contribution in [0.1, 0.15) is 44.2 Å². The summed E-state index contributed by atoms with van der Waals surface area (Å²) in [6.07, 6.45) is 9.27. The summed E-state index contributed by atoms with van der Waals surface area (Å²) in [7, 11) is 0. The Morgan fingerprint density at radius 2 is 2.25 bits per heavy atom. The summed E-state index contributed by atoms with van der Waals surface area (Å²) in [4.78, 5) is 7.30. The molecule has 0 aromatic carbocycles. The van der Waals surface area contributed by atoms with Gasteiger partial charge in [0, 0.05) is 17.8 Å². The fourth-order valence-electron chi connectivity index (χ4n) is 2.25. The molecule has 0 aliphatic heterocycles. The van der Waals surface area contributed by atoms with Crippen LogP contribution in [0.15, 0.2) is 12.5 Å². The van der Waals surface area contributed by atoms with Crippen molar-refractivity contribution in [1.29, 1.82) is 0 Å². The Labute approximate surface area is 73.4 Å². The molecule has 2 nitrogen and oxygen atoms in total. The molecule has 1 aromatic heterocycles. The minimum atomic E-state index is 0.737. The molecule has 0 amide bonds. The third-order valence-electron chi connectivity index (χ3n) is 3.03. The molecule has 1 saturated carbocycles. The number of nitrogens with zero attached hydrogens (tertiary/aromatic N) is 1. The molecule has 1 aromatic rings. The van der Waals surface area contributed by atoms with Crippen LogP contribution in [0.2, 0.25) is 0 Å². The highest BCUT2D eigenvalue weighted by molar-refractivity contribution is 5.05. The van der Waals surface area contributed by atoms with Gasteiger partial charge in [-0.05, 0) is 12.3 Å². The van der Waals surface area contributed by atoms with Crippen molar-refractivity contribution in [2.24, 2.45) is 5.92 Å². The molecule has 0 radical (unpaired) electrons. The lowest BCUT2D eigenvalue weighted by molar-refractivity contribution is 0.326. The topological polar surface area (TPSA) is 28.7 Å². The molecule has 1 fully saturated rings. The van der Waals surface area contributed by atoms with E-state index in [1.54, 1.807) is 6.33 Å². The Balaban J connectivity index is 2.11. The molecule has 2 rings (SSSR count). The normalized spacial score (nSPS) is 30.4. The molecule has 1 aliphatic rings. The van der Waals surface area contributed by atoms with Gasteiger partial charge in [0.2, 0.25) is 0 Å². The average Bonchev–Trinajstić information content (AvgIpc) is 2.57. The van der Waals surface area contributed by atoms with Crippen molar-refractivity contribution in [3.63, 3.8) is 0 Å². The zero-order chi connectivity index (χ0) is 8.39. The summed E-state index contributed by atoms with van der Waals surface area (Å²) in [5, 5.41) is 0. The summed E-state index contributed by atoms with van der Waals surface area (Å²) >= 11 is 0. The largest absolute Gasteiger partial charge is 0.348 e. The Bertz CT molecular complexity index is 228. The first-order valence-electron chi connectivity index (χ1n) is 4.86. The Hall–Kier alpha value is -0.790. The van der Waals surface area contributed by atoms with Crippen molar-refractivity contribution in [1.82, 2.24) is 9.97 Å². The molecule has 1 N–H and O–H groups in total. The minimum absolute atomic E-state index is 0.737. The lowest BCUT2D eigenvalue weighted by Crippen LogP contribution is -2.14. The molecule has 0 bridgehead atoms. The molecular formula is C10H16N2. The van der Waals surface area contributed by atoms with Gasteiger partial charge in [-0.1, -0.05) is 26.2 Å². The van der Waals surface area contributed by atoms with E-state index in [2.05, 4.69) is 16.9 Å². The van der Waals surface area contributed by atoms with Gasteiger partial charge in [-0.2, -0.15) is 0 Å². The first-order valence-corrected chi connectivity index (χ1v) is 4.86. The molecule has 12 heavy (non-hydrogen) atoms. The second-order valence-electron chi connectivity index (χ2n) is 3.88. The summed E-state index contributed by atoms with van der Waals surface area (Å²) in [6.45, 7) is 2.35. The predicted octanol–water partition coefficient (Wildman–Crippen LogP) is 2.70. The fraction of sp³-hybridized carbons (Fsp3) is 0.700. The van der Waals surface area contributed by atoms with E-state index < -0.39 is 0 Å². The van der Waals surface area contributed by atoms with Crippen LogP contribution in [0.5, 0.6) is 0 Å². The SMILES string of the molecule is CC1CCCCC1c1cnc[nH]1. The lowest BCUT2D eigenvalue weighted by atomic mass is 9.79. The van der Waals surface area contributed by atoms with Crippen LogP contribution in [0.25, 0.3) is 0 Å². The van der Waals surface area contributed by atoms with E-state index >= 15 is 0 Å². The third-order valence-corrected chi connectivity index (χ3v) is 3.03. The van der Waals surface area contributed by atoms with E-state index in [1.807, 2.05) is 6.20 Å². The number of aromatic nitrogens is 2. The number of rotatable bonds is 1. The number of H-pyrrole nitrogens is 1. The predicted molar refractivity (Wildman–Crippen MR) is 49.0 cm³/mol. The van der Waals surface area contributed by atoms with Crippen molar-refractivity contribution in [2.45, 2.75) is 38.5 Å². The fourth-order valence-corrected chi connectivity index (χ4v) is 2.25. The van der Waals surface area contributed by atoms with Gasteiger partial charge in [0.15, 0.2) is 0 Å². The van der Waals surface area contributed by atoms with Crippen LogP contribution in [0.3, 0.4) is 0 Å². The van der Waals surface area contributed by atoms with E-state index in [0.717, 1.165) is 11.8 Å². The van der Waals surface area contributed by atoms with Gasteiger partial charge in [-0.25, -0.2) is 4.98 Å². The van der Waals surface area contributed by atoms with Crippen molar-refractivity contribution < 1.29 is 0 Å². The molecular weight excluding hydrogens is 148 g/mol. The number of imidazole rings is 1. The first-order chi connectivity index (χ1) is 5.88. The lowest BCUT2D eigenvalue weighted by Gasteiger charge is -2.27. The van der Waals surface area contributed by atoms with Crippen molar-refractivity contribution in [3.8, 4) is 0 Å². The monoisotopic (exact) mass is 164 g/mol. The number of nitrogens with one attached hydrogen (secondary N) is 1. The van der Waals surface area contributed by atoms with E-state index in [-0.39, 0.29) is 0 Å². The highest BCUT2D eigenvalue weighted by Crippen LogP contribution is 2.35. The second kappa shape index (κ2) is 3.30. The number of aromatic amines is 1. The summed E-state index contributed by atoms with van der Waals surface area (Å²) in [6, 6.07) is 0. The van der Waals surface area contributed by atoms with Gasteiger partial charge < -0.3 is 4.98 Å². The maximum Gasteiger partial charge on any atom is 0.0921 e. The highest BCUT2D eigenvalue weighted by Gasteiger charge is 2.23. The Morgan fingerprint density at radius 1 is 1.42 bits per heavy atom. The second-order valence-corrected chi connectivity index (χ2v) is 3.88. The van der Waals surface area contributed by atoms with Crippen LogP contribution < -0.4 is 0 Å². The zero-order valence-corrected chi connectivity index (χ0v) is 7.59. The average molecular weight is 164 g/mol. The van der Waals surface area contributed by atoms with Gasteiger partial charge in [0.25, 0.3) is 0 Å². The highest BCUT2D eigenvalue weighted by atomic mass is 14.9. The van der Waals surface area contributed by atoms with Crippen LogP contribution in [-0.2, 0) is 0 Å². The molecule has 2 atom stereocenters. The quantitative estimate of drug-likeness (QED) is 0.679. The maximum absolute atomic E-state index is 4.08. The van der Waals surface area contributed by atoms with Crippen molar-refractivity contribution in [3.05, 3.63) is 18.2 Å². The van der Waals surface area contributed by atoms with Crippen molar-refractivity contribution in [2.75, 3.05) is 0 Å². The van der Waals surface area contributed by atoms with Gasteiger partial charge in [0.05, 0.1) is 6.33 Å². The summed E-state index contributed by atoms with van der Waals surface area (Å²) in [5.74, 6) is 1.57. The number of hydrogen-bond donors (Lipinski definition) is 1. The first kappa shape index (κ1) is 7.84. The molecule has 0 saturated heterocycles. The van der Waals surface area contributed by atoms with Crippen LogP contribution in [0.4, 0.5) is 0 Å². The van der Waals surface area contributed by atoms with Gasteiger partial charge >= 0.3 is 0 Å². The molecule has 2 unspecified atom stereocenters. The number of hydrogen-bond acceptors (Lipinski definition) is 1. The van der Waals surface area contributed by atoms with Gasteiger partial charge in [0.1, 0.15) is 0 Å². The van der Waals surface area contributed by atoms with E-state index in [9.17, 15) is 0 Å². The van der Waals surface area contributed by atoms with Crippen LogP contribution >= 0.6 is 0 Å². The molecule has 66 valence electrons. The third kappa shape index (κ3) is 1.38. The Kier molecular flexibility index (Phi) is 2.15. The molecule has 2 heteroatoms. The maximum atomic E-state index is 4.08. The molecule has 1 heterocycles. The standard InChI is InChI=1S/C10H16N2/c1-8-4-2-3-5-9(8)10-6-11-7-12-10/h6-9H,2-5H2,1H3,(H,11,12). The van der Waals surface area contributed by atoms with Crippen LogP contribution in [0, 0.1) is 5.92 Å². The zero-order valence-electron chi connectivity index (χ0n) is 7.59. The summed E-state index contributed by atoms with van der Waals surface area (Å²) in [5.41, 5.74) is 1.34. The molecule has 0 spiro atoms. The van der Waals surface area contributed by atoms with Gasteiger partial charge in [-0.15, -0.1) is 0 Å².